The number of carbonyl (C=O) groups excluding carboxylic acids is 1. The Kier molecular flexibility index (Phi) is 4.40. The fraction of sp³-hybridized carbons (Fsp3) is 0.278. The van der Waals surface area contributed by atoms with E-state index in [0.717, 1.165) is 15.6 Å². The van der Waals surface area contributed by atoms with Crippen LogP contribution in [0.2, 0.25) is 0 Å². The lowest BCUT2D eigenvalue weighted by Gasteiger charge is -2.13. The van der Waals surface area contributed by atoms with Gasteiger partial charge < -0.3 is 14.4 Å². The van der Waals surface area contributed by atoms with E-state index in [1.54, 1.807) is 40.2 Å². The monoisotopic (exact) mass is 418 g/mol. The second-order valence-electron chi connectivity index (χ2n) is 6.27. The molecule has 0 saturated carbocycles. The number of benzene rings is 1. The molecule has 0 atom stereocenters. The minimum atomic E-state index is -0.158. The molecular formula is C18H18N4O2S3. The summed E-state index contributed by atoms with van der Waals surface area (Å²) in [5, 5.41) is 1.35. The predicted octanol–water partition coefficient (Wildman–Crippen LogP) is 0.942. The van der Waals surface area contributed by atoms with Gasteiger partial charge in [0.25, 0.3) is 11.5 Å². The number of likely N-dealkylation sites (N-methyl/N-ethyl adjacent to an activating group) is 2. The highest BCUT2D eigenvalue weighted by molar-refractivity contribution is 8.08. The van der Waals surface area contributed by atoms with Gasteiger partial charge in [0.15, 0.2) is 5.11 Å². The summed E-state index contributed by atoms with van der Waals surface area (Å²) in [5.41, 5.74) is 1.43. The third-order valence-corrected chi connectivity index (χ3v) is 7.85. The van der Waals surface area contributed by atoms with E-state index in [1.807, 2.05) is 43.1 Å². The lowest BCUT2D eigenvalue weighted by molar-refractivity contribution is -0.120. The molecule has 0 N–H and O–H groups in total. The van der Waals surface area contributed by atoms with Crippen molar-refractivity contribution in [2.45, 2.75) is 11.8 Å². The molecule has 2 aliphatic rings. The summed E-state index contributed by atoms with van der Waals surface area (Å²) in [5.74, 6) is -0.158. The first-order chi connectivity index (χ1) is 12.9. The average Bonchev–Trinajstić information content (AvgIpc) is 3.21. The topological polar surface area (TPSA) is 48.8 Å². The van der Waals surface area contributed by atoms with Crippen LogP contribution in [-0.4, -0.2) is 46.0 Å². The molecule has 0 aliphatic carbocycles. The van der Waals surface area contributed by atoms with Crippen molar-refractivity contribution in [1.82, 2.24) is 14.4 Å². The van der Waals surface area contributed by atoms with Crippen LogP contribution >= 0.6 is 35.3 Å². The summed E-state index contributed by atoms with van der Waals surface area (Å²) in [6.07, 6.45) is 0. The van der Waals surface area contributed by atoms with Crippen molar-refractivity contribution in [3.05, 3.63) is 43.8 Å². The Balaban J connectivity index is 1.99. The Morgan fingerprint density at radius 3 is 2.41 bits per heavy atom. The molecule has 4 rings (SSSR count). The number of thiazole rings is 1. The van der Waals surface area contributed by atoms with E-state index in [-0.39, 0.29) is 11.5 Å². The van der Waals surface area contributed by atoms with Crippen molar-refractivity contribution < 1.29 is 4.79 Å². The SMILES string of the molecule is CCN1C(=O)/C(=c2\s/c(=C3/Sc4ccccc4N3C)c(=O)n2C)N(C)C1=S. The number of thioether (sulfide) groups is 1. The largest absolute Gasteiger partial charge is 0.337 e. The molecule has 1 saturated heterocycles. The molecule has 0 bridgehead atoms. The summed E-state index contributed by atoms with van der Waals surface area (Å²) in [4.78, 5) is 32.2. The van der Waals surface area contributed by atoms with Crippen molar-refractivity contribution in [3.8, 4) is 0 Å². The summed E-state index contributed by atoms with van der Waals surface area (Å²) in [6.45, 7) is 2.39. The molecule has 1 aromatic heterocycles. The quantitative estimate of drug-likeness (QED) is 0.643. The Morgan fingerprint density at radius 2 is 1.78 bits per heavy atom. The Bertz CT molecular complexity index is 1160. The minimum absolute atomic E-state index is 0.105. The van der Waals surface area contributed by atoms with Crippen LogP contribution in [0, 0.1) is 0 Å². The maximum absolute atomic E-state index is 13.0. The molecule has 1 aromatic carbocycles. The lowest BCUT2D eigenvalue weighted by Crippen LogP contribution is -2.33. The van der Waals surface area contributed by atoms with Gasteiger partial charge in [0.05, 0.1) is 5.69 Å². The highest BCUT2D eigenvalue weighted by Gasteiger charge is 2.36. The lowest BCUT2D eigenvalue weighted by atomic mass is 10.3. The predicted molar refractivity (Wildman–Crippen MR) is 114 cm³/mol. The highest BCUT2D eigenvalue weighted by Crippen LogP contribution is 2.44. The molecule has 2 aliphatic heterocycles. The number of hydrogen-bond acceptors (Lipinski definition) is 6. The zero-order valence-corrected chi connectivity index (χ0v) is 17.8. The van der Waals surface area contributed by atoms with Gasteiger partial charge in [-0.1, -0.05) is 23.9 Å². The number of amides is 1. The first-order valence-corrected chi connectivity index (χ1v) is 10.5. The van der Waals surface area contributed by atoms with Crippen molar-refractivity contribution in [1.29, 1.82) is 0 Å². The van der Waals surface area contributed by atoms with Gasteiger partial charge in [-0.05, 0) is 31.3 Å². The summed E-state index contributed by atoms with van der Waals surface area (Å²) in [7, 11) is 5.44. The number of para-hydroxylation sites is 1. The van der Waals surface area contributed by atoms with Gasteiger partial charge in [0, 0.05) is 32.6 Å². The number of anilines is 1. The molecule has 0 spiro atoms. The molecule has 3 heterocycles. The molecule has 140 valence electrons. The summed E-state index contributed by atoms with van der Waals surface area (Å²) >= 11 is 8.30. The Labute approximate surface area is 170 Å². The third kappa shape index (κ3) is 2.56. The van der Waals surface area contributed by atoms with Crippen LogP contribution in [0.3, 0.4) is 0 Å². The van der Waals surface area contributed by atoms with E-state index < -0.39 is 0 Å². The number of thiocarbonyl (C=S) groups is 1. The van der Waals surface area contributed by atoms with E-state index >= 15 is 0 Å². The normalized spacial score (nSPS) is 20.8. The average molecular weight is 419 g/mol. The molecule has 0 unspecified atom stereocenters. The maximum atomic E-state index is 13.0. The van der Waals surface area contributed by atoms with Gasteiger partial charge in [0.1, 0.15) is 19.9 Å². The van der Waals surface area contributed by atoms with E-state index in [0.29, 0.717) is 26.5 Å². The van der Waals surface area contributed by atoms with Crippen LogP contribution in [0.25, 0.3) is 10.7 Å². The molecule has 9 heteroatoms. The van der Waals surface area contributed by atoms with Gasteiger partial charge in [-0.2, -0.15) is 0 Å². The zero-order chi connectivity index (χ0) is 19.5. The zero-order valence-electron chi connectivity index (χ0n) is 15.3. The summed E-state index contributed by atoms with van der Waals surface area (Å²) < 4.78 is 2.81. The highest BCUT2D eigenvalue weighted by atomic mass is 32.2. The number of fused-ring (bicyclic) bond motifs is 1. The molecule has 1 fully saturated rings. The molecular weight excluding hydrogens is 400 g/mol. The second kappa shape index (κ2) is 6.50. The van der Waals surface area contributed by atoms with Gasteiger partial charge in [-0.15, -0.1) is 11.3 Å². The number of carbonyl (C=O) groups is 1. The molecule has 2 aromatic rings. The van der Waals surface area contributed by atoms with Gasteiger partial charge in [-0.3, -0.25) is 14.5 Å². The van der Waals surface area contributed by atoms with Gasteiger partial charge >= 0.3 is 0 Å². The number of rotatable bonds is 1. The van der Waals surface area contributed by atoms with E-state index in [4.69, 9.17) is 12.2 Å². The second-order valence-corrected chi connectivity index (χ2v) is 8.67. The molecule has 6 nitrogen and oxygen atoms in total. The maximum Gasteiger partial charge on any atom is 0.279 e. The molecule has 27 heavy (non-hydrogen) atoms. The van der Waals surface area contributed by atoms with E-state index in [1.165, 1.54) is 11.3 Å². The Morgan fingerprint density at radius 1 is 1.07 bits per heavy atom. The third-order valence-electron chi connectivity index (χ3n) is 4.75. The van der Waals surface area contributed by atoms with Crippen molar-refractivity contribution in [3.63, 3.8) is 0 Å². The number of nitrogens with zero attached hydrogens (tertiary/aromatic N) is 4. The minimum Gasteiger partial charge on any atom is -0.337 e. The van der Waals surface area contributed by atoms with Crippen LogP contribution in [-0.2, 0) is 11.8 Å². The van der Waals surface area contributed by atoms with Gasteiger partial charge in [0.2, 0.25) is 0 Å². The number of aromatic nitrogens is 1. The van der Waals surface area contributed by atoms with E-state index in [9.17, 15) is 9.59 Å². The Hall–Kier alpha value is -2.10. The smallest absolute Gasteiger partial charge is 0.279 e. The molecule has 0 radical (unpaired) electrons. The first kappa shape index (κ1) is 18.3. The van der Waals surface area contributed by atoms with Gasteiger partial charge in [-0.25, -0.2) is 0 Å². The fourth-order valence-corrected chi connectivity index (χ4v) is 6.06. The summed E-state index contributed by atoms with van der Waals surface area (Å²) in [6, 6.07) is 8.06. The van der Waals surface area contributed by atoms with Crippen molar-refractivity contribution in [2.75, 3.05) is 25.5 Å². The van der Waals surface area contributed by atoms with E-state index in [2.05, 4.69) is 0 Å². The number of hydrogen-bond donors (Lipinski definition) is 0. The van der Waals surface area contributed by atoms with Crippen LogP contribution in [0.15, 0.2) is 34.0 Å². The van der Waals surface area contributed by atoms with Crippen LogP contribution in [0.4, 0.5) is 5.69 Å². The van der Waals surface area contributed by atoms with Crippen molar-refractivity contribution in [2.24, 2.45) is 7.05 Å². The fourth-order valence-electron chi connectivity index (χ4n) is 3.25. The van der Waals surface area contributed by atoms with Crippen LogP contribution in [0.5, 0.6) is 0 Å². The van der Waals surface area contributed by atoms with Crippen LogP contribution < -0.4 is 19.7 Å². The molecule has 1 amide bonds. The van der Waals surface area contributed by atoms with Crippen molar-refractivity contribution >= 4 is 62.7 Å². The first-order valence-electron chi connectivity index (χ1n) is 8.41. The van der Waals surface area contributed by atoms with Crippen LogP contribution in [0.1, 0.15) is 6.92 Å². The standard InChI is InChI=1S/C18H18N4O2S3/c1-5-22-14(23)12(20(3)18(22)25)16-21(4)15(24)13(27-16)17-19(2)10-8-6-7-9-11(10)26-17/h6-9H,5H2,1-4H3/b16-12+,17-13+.